The van der Waals surface area contributed by atoms with Crippen LogP contribution in [0.2, 0.25) is 0 Å². The molecule has 0 saturated carbocycles. The summed E-state index contributed by atoms with van der Waals surface area (Å²) in [5, 5.41) is 12.5. The summed E-state index contributed by atoms with van der Waals surface area (Å²) in [6, 6.07) is 5.02. The van der Waals surface area contributed by atoms with Crippen LogP contribution in [0, 0.1) is 0 Å². The number of rotatable bonds is 6. The second-order valence-electron chi connectivity index (χ2n) is 7.07. The largest absolute Gasteiger partial charge is 0.495 e. The highest BCUT2D eigenvalue weighted by atomic mass is 16.7. The van der Waals surface area contributed by atoms with Crippen LogP contribution in [0.25, 0.3) is 6.08 Å². The van der Waals surface area contributed by atoms with Crippen LogP contribution >= 0.6 is 0 Å². The van der Waals surface area contributed by atoms with Crippen molar-refractivity contribution in [3.8, 4) is 5.75 Å². The van der Waals surface area contributed by atoms with Gasteiger partial charge in [-0.1, -0.05) is 18.2 Å². The molecule has 2 rings (SSSR count). The number of aromatic carboxylic acids is 1. The van der Waals surface area contributed by atoms with Crippen molar-refractivity contribution in [3.63, 3.8) is 0 Å². The lowest BCUT2D eigenvalue weighted by Gasteiger charge is -2.32. The third kappa shape index (κ3) is 3.89. The summed E-state index contributed by atoms with van der Waals surface area (Å²) in [5.41, 5.74) is 0.757. The van der Waals surface area contributed by atoms with Crippen LogP contribution in [-0.2, 0) is 9.31 Å². The minimum atomic E-state index is -1.03. The van der Waals surface area contributed by atoms with Gasteiger partial charge in [-0.15, -0.1) is 0 Å². The van der Waals surface area contributed by atoms with E-state index in [2.05, 4.69) is 5.32 Å². The van der Waals surface area contributed by atoms with E-state index in [-0.39, 0.29) is 5.56 Å². The van der Waals surface area contributed by atoms with Gasteiger partial charge in [0.25, 0.3) is 0 Å². The third-order valence-corrected chi connectivity index (χ3v) is 4.76. The Balaban J connectivity index is 2.45. The van der Waals surface area contributed by atoms with Gasteiger partial charge in [0.05, 0.1) is 18.3 Å². The van der Waals surface area contributed by atoms with Crippen molar-refractivity contribution in [2.24, 2.45) is 0 Å². The third-order valence-electron chi connectivity index (χ3n) is 4.76. The van der Waals surface area contributed by atoms with Crippen molar-refractivity contribution < 1.29 is 23.9 Å². The van der Waals surface area contributed by atoms with Crippen molar-refractivity contribution in [2.45, 2.75) is 38.9 Å². The van der Waals surface area contributed by atoms with E-state index in [0.717, 1.165) is 5.47 Å². The van der Waals surface area contributed by atoms with Crippen molar-refractivity contribution in [1.29, 1.82) is 0 Å². The average molecular weight is 347 g/mol. The summed E-state index contributed by atoms with van der Waals surface area (Å²) < 4.78 is 17.6. The maximum atomic E-state index is 11.4. The SMILES string of the molecule is CNCC(=Cc1cccc(C(=O)O)c1OC)B1OC(C)(C)C(C)(C)O1. The molecule has 0 atom stereocenters. The van der Waals surface area contributed by atoms with Gasteiger partial charge in [0.2, 0.25) is 0 Å². The molecule has 1 heterocycles. The Morgan fingerprint density at radius 1 is 1.28 bits per heavy atom. The normalized spacial score (nSPS) is 19.1. The number of methoxy groups -OCH3 is 1. The molecule has 0 spiro atoms. The molecule has 1 aliphatic rings. The number of carbonyl (C=O) groups is 1. The molecule has 0 unspecified atom stereocenters. The fraction of sp³-hybridized carbons (Fsp3) is 0.500. The van der Waals surface area contributed by atoms with Crippen LogP contribution in [0.4, 0.5) is 0 Å². The van der Waals surface area contributed by atoms with E-state index in [0.29, 0.717) is 17.9 Å². The van der Waals surface area contributed by atoms with Gasteiger partial charge in [-0.25, -0.2) is 4.79 Å². The van der Waals surface area contributed by atoms with Gasteiger partial charge in [-0.2, -0.15) is 0 Å². The van der Waals surface area contributed by atoms with Crippen LogP contribution in [0.5, 0.6) is 5.75 Å². The summed E-state index contributed by atoms with van der Waals surface area (Å²) >= 11 is 0. The number of carboxylic acids is 1. The second kappa shape index (κ2) is 7.19. The first-order valence-electron chi connectivity index (χ1n) is 8.24. The monoisotopic (exact) mass is 347 g/mol. The summed E-state index contributed by atoms with van der Waals surface area (Å²) in [6.45, 7) is 8.52. The Bertz CT molecular complexity index is 668. The molecule has 1 aliphatic heterocycles. The Morgan fingerprint density at radius 2 is 1.88 bits per heavy atom. The Kier molecular flexibility index (Phi) is 5.61. The number of para-hydroxylation sites is 1. The smallest absolute Gasteiger partial charge is 0.491 e. The molecule has 2 N–H and O–H groups in total. The molecule has 0 aromatic heterocycles. The Morgan fingerprint density at radius 3 is 2.36 bits per heavy atom. The minimum absolute atomic E-state index is 0.119. The van der Waals surface area contributed by atoms with Crippen LogP contribution in [-0.4, -0.2) is 50.1 Å². The first-order valence-corrected chi connectivity index (χ1v) is 8.24. The standard InChI is InChI=1S/C18H26BNO5/c1-17(2)18(3,4)25-19(24-17)13(11-20-5)10-12-8-7-9-14(16(21)22)15(12)23-6/h7-10,20H,11H2,1-6H3,(H,21,22). The maximum Gasteiger partial charge on any atom is 0.491 e. The molecule has 0 radical (unpaired) electrons. The highest BCUT2D eigenvalue weighted by molar-refractivity contribution is 6.56. The first kappa shape index (κ1) is 19.5. The van der Waals surface area contributed by atoms with Gasteiger partial charge in [0, 0.05) is 12.1 Å². The maximum absolute atomic E-state index is 11.4. The molecule has 6 nitrogen and oxygen atoms in total. The number of ether oxygens (including phenoxy) is 1. The summed E-state index contributed by atoms with van der Waals surface area (Å²) in [6.07, 6.45) is 1.86. The lowest BCUT2D eigenvalue weighted by atomic mass is 9.77. The topological polar surface area (TPSA) is 77.0 Å². The number of hydrogen-bond donors (Lipinski definition) is 2. The van der Waals surface area contributed by atoms with Crippen molar-refractivity contribution in [2.75, 3.05) is 20.7 Å². The number of hydrogen-bond acceptors (Lipinski definition) is 5. The fourth-order valence-electron chi connectivity index (χ4n) is 2.67. The lowest BCUT2D eigenvalue weighted by molar-refractivity contribution is 0.00578. The average Bonchev–Trinajstić information content (AvgIpc) is 2.74. The Hall–Kier alpha value is -1.83. The van der Waals surface area contributed by atoms with E-state index in [9.17, 15) is 9.90 Å². The molecule has 7 heteroatoms. The van der Waals surface area contributed by atoms with Crippen molar-refractivity contribution >= 4 is 19.2 Å². The second-order valence-corrected chi connectivity index (χ2v) is 7.07. The highest BCUT2D eigenvalue weighted by Crippen LogP contribution is 2.39. The molecule has 136 valence electrons. The van der Waals surface area contributed by atoms with Gasteiger partial charge >= 0.3 is 13.1 Å². The molecule has 0 bridgehead atoms. The van der Waals surface area contributed by atoms with E-state index in [1.807, 2.05) is 46.9 Å². The molecular formula is C18H26BNO5. The van der Waals surface area contributed by atoms with Gasteiger partial charge in [0.1, 0.15) is 11.3 Å². The minimum Gasteiger partial charge on any atom is -0.495 e. The zero-order valence-corrected chi connectivity index (χ0v) is 15.7. The number of benzene rings is 1. The molecule has 25 heavy (non-hydrogen) atoms. The van der Waals surface area contributed by atoms with Crippen LogP contribution < -0.4 is 10.1 Å². The Labute approximate surface area is 149 Å². The number of likely N-dealkylation sites (N-methyl/N-ethyl adjacent to an activating group) is 1. The molecule has 1 saturated heterocycles. The summed E-state index contributed by atoms with van der Waals surface area (Å²) in [4.78, 5) is 11.4. The van der Waals surface area contributed by atoms with Crippen LogP contribution in [0.15, 0.2) is 23.7 Å². The van der Waals surface area contributed by atoms with E-state index in [1.165, 1.54) is 13.2 Å². The fourth-order valence-corrected chi connectivity index (χ4v) is 2.67. The predicted molar refractivity (Wildman–Crippen MR) is 97.9 cm³/mol. The highest BCUT2D eigenvalue weighted by Gasteiger charge is 2.52. The molecular weight excluding hydrogens is 321 g/mol. The first-order chi connectivity index (χ1) is 11.6. The summed E-state index contributed by atoms with van der Waals surface area (Å²) in [5.74, 6) is -0.710. The van der Waals surface area contributed by atoms with Gasteiger partial charge < -0.3 is 24.5 Å². The number of carboxylic acid groups (broad SMARTS) is 1. The summed E-state index contributed by atoms with van der Waals surface area (Å²) in [7, 11) is 2.78. The predicted octanol–water partition coefficient (Wildman–Crippen LogP) is 2.63. The zero-order valence-electron chi connectivity index (χ0n) is 15.7. The molecule has 0 amide bonds. The number of nitrogens with one attached hydrogen (secondary N) is 1. The van der Waals surface area contributed by atoms with E-state index >= 15 is 0 Å². The molecule has 0 aliphatic carbocycles. The molecule has 1 aromatic rings. The van der Waals surface area contributed by atoms with Gasteiger partial charge in [-0.3, -0.25) is 0 Å². The van der Waals surface area contributed by atoms with Crippen molar-refractivity contribution in [3.05, 3.63) is 34.8 Å². The van der Waals surface area contributed by atoms with Gasteiger partial charge in [0.15, 0.2) is 0 Å². The zero-order chi connectivity index (χ0) is 18.8. The van der Waals surface area contributed by atoms with Crippen LogP contribution in [0.1, 0.15) is 43.6 Å². The van der Waals surface area contributed by atoms with Crippen LogP contribution in [0.3, 0.4) is 0 Å². The van der Waals surface area contributed by atoms with Gasteiger partial charge in [-0.05, 0) is 46.3 Å². The quantitative estimate of drug-likeness (QED) is 0.771. The molecule has 1 fully saturated rings. The van der Waals surface area contributed by atoms with E-state index in [4.69, 9.17) is 14.0 Å². The van der Waals surface area contributed by atoms with E-state index < -0.39 is 24.3 Å². The van der Waals surface area contributed by atoms with Crippen molar-refractivity contribution in [1.82, 2.24) is 5.32 Å². The lowest BCUT2D eigenvalue weighted by Crippen LogP contribution is -2.41. The molecule has 1 aromatic carbocycles. The van der Waals surface area contributed by atoms with E-state index in [1.54, 1.807) is 6.07 Å².